The van der Waals surface area contributed by atoms with E-state index < -0.39 is 5.63 Å². The molecule has 0 aliphatic heterocycles. The number of benzene rings is 2. The van der Waals surface area contributed by atoms with Gasteiger partial charge in [0.15, 0.2) is 0 Å². The zero-order valence-corrected chi connectivity index (χ0v) is 13.4. The Morgan fingerprint density at radius 1 is 1.22 bits per heavy atom. The van der Waals surface area contributed by atoms with Gasteiger partial charge in [-0.25, -0.2) is 4.79 Å². The molecule has 1 aromatic heterocycles. The van der Waals surface area contributed by atoms with Gasteiger partial charge in [-0.3, -0.25) is 0 Å². The Bertz CT molecular complexity index is 941. The Kier molecular flexibility index (Phi) is 4.22. The molecule has 1 heterocycles. The van der Waals surface area contributed by atoms with Crippen molar-refractivity contribution in [2.45, 2.75) is 6.42 Å². The van der Waals surface area contributed by atoms with Crippen LogP contribution in [-0.2, 0) is 6.42 Å². The summed E-state index contributed by atoms with van der Waals surface area (Å²) in [7, 11) is 1.59. The van der Waals surface area contributed by atoms with Crippen molar-refractivity contribution in [3.8, 4) is 16.9 Å². The summed E-state index contributed by atoms with van der Waals surface area (Å²) >= 11 is 6.20. The first-order valence-corrected chi connectivity index (χ1v) is 7.53. The van der Waals surface area contributed by atoms with Gasteiger partial charge in [0.2, 0.25) is 0 Å². The predicted octanol–water partition coefficient (Wildman–Crippen LogP) is 4.85. The van der Waals surface area contributed by atoms with E-state index in [1.165, 1.54) is 0 Å². The van der Waals surface area contributed by atoms with E-state index >= 15 is 0 Å². The fourth-order valence-electron chi connectivity index (χ4n) is 2.62. The van der Waals surface area contributed by atoms with E-state index in [2.05, 4.69) is 6.58 Å². The van der Waals surface area contributed by atoms with Crippen LogP contribution in [0.3, 0.4) is 0 Å². The van der Waals surface area contributed by atoms with Crippen LogP contribution in [0.5, 0.6) is 5.75 Å². The van der Waals surface area contributed by atoms with Crippen molar-refractivity contribution in [1.82, 2.24) is 0 Å². The SMILES string of the molecule is C=CCc1c(OC)ccc2cc(-c3ccccc3Cl)c(=O)oc12. The summed E-state index contributed by atoms with van der Waals surface area (Å²) < 4.78 is 10.9. The lowest BCUT2D eigenvalue weighted by Gasteiger charge is -2.10. The molecule has 0 unspecified atom stereocenters. The van der Waals surface area contributed by atoms with Crippen molar-refractivity contribution in [1.29, 1.82) is 0 Å². The lowest BCUT2D eigenvalue weighted by Crippen LogP contribution is -2.04. The first-order chi connectivity index (χ1) is 11.2. The van der Waals surface area contributed by atoms with E-state index in [9.17, 15) is 4.79 Å². The summed E-state index contributed by atoms with van der Waals surface area (Å²) in [5, 5.41) is 1.33. The van der Waals surface area contributed by atoms with Crippen molar-refractivity contribution < 1.29 is 9.15 Å². The molecule has 0 fully saturated rings. The van der Waals surface area contributed by atoms with Crippen LogP contribution in [0.25, 0.3) is 22.1 Å². The molecule has 4 heteroatoms. The van der Waals surface area contributed by atoms with E-state index in [4.69, 9.17) is 20.8 Å². The molecule has 23 heavy (non-hydrogen) atoms. The minimum absolute atomic E-state index is 0.427. The third-order valence-corrected chi connectivity index (χ3v) is 4.02. The van der Waals surface area contributed by atoms with Crippen LogP contribution in [0, 0.1) is 0 Å². The molecule has 0 radical (unpaired) electrons. The molecule has 0 saturated heterocycles. The monoisotopic (exact) mass is 326 g/mol. The molecule has 116 valence electrons. The average molecular weight is 327 g/mol. The summed E-state index contributed by atoms with van der Waals surface area (Å²) in [5.41, 5.74) is 2.00. The van der Waals surface area contributed by atoms with Gasteiger partial charge in [-0.15, -0.1) is 6.58 Å². The molecular weight excluding hydrogens is 312 g/mol. The van der Waals surface area contributed by atoms with E-state index in [-0.39, 0.29) is 0 Å². The van der Waals surface area contributed by atoms with Gasteiger partial charge in [-0.2, -0.15) is 0 Å². The number of ether oxygens (including phenoxy) is 1. The number of hydrogen-bond donors (Lipinski definition) is 0. The van der Waals surface area contributed by atoms with Gasteiger partial charge in [-0.05, 0) is 30.7 Å². The summed E-state index contributed by atoms with van der Waals surface area (Å²) in [6.45, 7) is 3.74. The minimum Gasteiger partial charge on any atom is -0.496 e. The molecule has 0 N–H and O–H groups in total. The molecule has 0 atom stereocenters. The third kappa shape index (κ3) is 2.76. The Balaban J connectivity index is 2.30. The Morgan fingerprint density at radius 2 is 2.00 bits per heavy atom. The van der Waals surface area contributed by atoms with E-state index in [1.807, 2.05) is 24.3 Å². The van der Waals surface area contributed by atoms with Crippen molar-refractivity contribution in [3.05, 3.63) is 76.1 Å². The highest BCUT2D eigenvalue weighted by atomic mass is 35.5. The first kappa shape index (κ1) is 15.4. The van der Waals surface area contributed by atoms with E-state index in [0.29, 0.717) is 33.9 Å². The van der Waals surface area contributed by atoms with E-state index in [0.717, 1.165) is 10.9 Å². The molecule has 0 aliphatic carbocycles. The van der Waals surface area contributed by atoms with Crippen LogP contribution >= 0.6 is 11.6 Å². The molecule has 0 saturated carbocycles. The molecule has 2 aromatic carbocycles. The standard InChI is InChI=1S/C19H15ClO3/c1-3-6-14-17(22-2)10-9-12-11-15(19(21)23-18(12)14)13-7-4-5-8-16(13)20/h3-5,7-11H,1,6H2,2H3. The Labute approximate surface area is 138 Å². The van der Waals surface area contributed by atoms with E-state index in [1.54, 1.807) is 31.4 Å². The molecule has 0 aliphatic rings. The lowest BCUT2D eigenvalue weighted by molar-refractivity contribution is 0.409. The first-order valence-electron chi connectivity index (χ1n) is 7.15. The summed E-state index contributed by atoms with van der Waals surface area (Å²) in [6, 6.07) is 12.7. The van der Waals surface area contributed by atoms with Gasteiger partial charge in [0, 0.05) is 21.5 Å². The molecular formula is C19H15ClO3. The van der Waals surface area contributed by atoms with Crippen LogP contribution < -0.4 is 10.4 Å². The van der Waals surface area contributed by atoms with Gasteiger partial charge in [0.25, 0.3) is 0 Å². The average Bonchev–Trinajstić information content (AvgIpc) is 2.56. The van der Waals surface area contributed by atoms with Gasteiger partial charge in [0.1, 0.15) is 11.3 Å². The summed E-state index contributed by atoms with van der Waals surface area (Å²) in [6.07, 6.45) is 2.30. The van der Waals surface area contributed by atoms with Crippen LogP contribution in [0.1, 0.15) is 5.56 Å². The second kappa shape index (κ2) is 6.31. The number of allylic oxidation sites excluding steroid dienone is 1. The molecule has 3 nitrogen and oxygen atoms in total. The third-order valence-electron chi connectivity index (χ3n) is 3.69. The molecule has 3 rings (SSSR count). The van der Waals surface area contributed by atoms with Crippen molar-refractivity contribution in [3.63, 3.8) is 0 Å². The number of hydrogen-bond acceptors (Lipinski definition) is 3. The second-order valence-corrected chi connectivity index (χ2v) is 5.49. The molecule has 0 bridgehead atoms. The van der Waals surface area contributed by atoms with Crippen LogP contribution in [0.2, 0.25) is 5.02 Å². The number of methoxy groups -OCH3 is 1. The second-order valence-electron chi connectivity index (χ2n) is 5.08. The van der Waals surface area contributed by atoms with Crippen LogP contribution in [0.15, 0.2) is 64.3 Å². The number of fused-ring (bicyclic) bond motifs is 1. The molecule has 3 aromatic rings. The maximum atomic E-state index is 12.4. The van der Waals surface area contributed by atoms with Crippen LogP contribution in [-0.4, -0.2) is 7.11 Å². The largest absolute Gasteiger partial charge is 0.496 e. The normalized spacial score (nSPS) is 10.7. The minimum atomic E-state index is -0.427. The van der Waals surface area contributed by atoms with Gasteiger partial charge < -0.3 is 9.15 Å². The summed E-state index contributed by atoms with van der Waals surface area (Å²) in [5.74, 6) is 0.672. The van der Waals surface area contributed by atoms with Crippen molar-refractivity contribution in [2.75, 3.05) is 7.11 Å². The van der Waals surface area contributed by atoms with Crippen molar-refractivity contribution in [2.24, 2.45) is 0 Å². The number of rotatable bonds is 4. The maximum absolute atomic E-state index is 12.4. The highest BCUT2D eigenvalue weighted by Crippen LogP contribution is 2.32. The van der Waals surface area contributed by atoms with Gasteiger partial charge in [-0.1, -0.05) is 35.9 Å². The predicted molar refractivity (Wildman–Crippen MR) is 93.4 cm³/mol. The maximum Gasteiger partial charge on any atom is 0.344 e. The zero-order valence-electron chi connectivity index (χ0n) is 12.6. The fraction of sp³-hybridized carbons (Fsp3) is 0.105. The lowest BCUT2D eigenvalue weighted by atomic mass is 10.0. The Morgan fingerprint density at radius 3 is 2.70 bits per heavy atom. The fourth-order valence-corrected chi connectivity index (χ4v) is 2.86. The Hall–Kier alpha value is -2.52. The molecule has 0 amide bonds. The van der Waals surface area contributed by atoms with Gasteiger partial charge in [0.05, 0.1) is 12.7 Å². The smallest absolute Gasteiger partial charge is 0.344 e. The highest BCUT2D eigenvalue weighted by molar-refractivity contribution is 6.33. The quantitative estimate of drug-likeness (QED) is 0.508. The zero-order chi connectivity index (χ0) is 16.4. The van der Waals surface area contributed by atoms with Crippen molar-refractivity contribution >= 4 is 22.6 Å². The van der Waals surface area contributed by atoms with Crippen LogP contribution in [0.4, 0.5) is 0 Å². The highest BCUT2D eigenvalue weighted by Gasteiger charge is 2.15. The molecule has 0 spiro atoms. The van der Waals surface area contributed by atoms with Gasteiger partial charge >= 0.3 is 5.63 Å². The summed E-state index contributed by atoms with van der Waals surface area (Å²) in [4.78, 5) is 12.4. The number of halogens is 1. The topological polar surface area (TPSA) is 39.4 Å².